The Hall–Kier alpha value is -1.37. The number of fused-ring (bicyclic) bond motifs is 1. The molecule has 1 atom stereocenters. The number of hydrogen-bond donors (Lipinski definition) is 2. The summed E-state index contributed by atoms with van der Waals surface area (Å²) in [5.41, 5.74) is 2.46. The third kappa shape index (κ3) is 5.32. The maximum atomic E-state index is 12.2. The predicted molar refractivity (Wildman–Crippen MR) is 110 cm³/mol. The summed E-state index contributed by atoms with van der Waals surface area (Å²) in [5.74, 6) is 1.03. The first-order valence-electron chi connectivity index (χ1n) is 9.33. The molecule has 0 radical (unpaired) electrons. The summed E-state index contributed by atoms with van der Waals surface area (Å²) in [6.07, 6.45) is 2.44. The number of thioether (sulfide) groups is 1. The molecule has 26 heavy (non-hydrogen) atoms. The van der Waals surface area contributed by atoms with Crippen LogP contribution in [0.3, 0.4) is 0 Å². The summed E-state index contributed by atoms with van der Waals surface area (Å²) in [4.78, 5) is 21.0. The molecule has 0 saturated carbocycles. The van der Waals surface area contributed by atoms with E-state index in [9.17, 15) is 4.79 Å². The minimum atomic E-state index is 0.0775. The fraction of sp³-hybridized carbons (Fsp3) is 0.500. The Labute approximate surface area is 164 Å². The van der Waals surface area contributed by atoms with Crippen molar-refractivity contribution in [3.63, 3.8) is 0 Å². The number of hydrogen-bond acceptors (Lipinski definition) is 4. The lowest BCUT2D eigenvalue weighted by Gasteiger charge is -2.26. The number of rotatable bonds is 7. The van der Waals surface area contributed by atoms with Crippen LogP contribution in [0.15, 0.2) is 29.2 Å². The van der Waals surface area contributed by atoms with Crippen LogP contribution in [0.25, 0.3) is 0 Å². The van der Waals surface area contributed by atoms with Crippen LogP contribution in [0.2, 0.25) is 0 Å². The molecular formula is C20H28N3OS2+. The molecular weight excluding hydrogens is 362 g/mol. The lowest BCUT2D eigenvalue weighted by molar-refractivity contribution is -0.936. The van der Waals surface area contributed by atoms with Gasteiger partial charge in [0, 0.05) is 17.7 Å². The van der Waals surface area contributed by atoms with Crippen LogP contribution in [-0.4, -0.2) is 29.2 Å². The Morgan fingerprint density at radius 1 is 1.35 bits per heavy atom. The number of nitrogens with one attached hydrogen (secondary N) is 2. The molecule has 2 N–H and O–H groups in total. The highest BCUT2D eigenvalue weighted by Crippen LogP contribution is 2.25. The largest absolute Gasteiger partial charge is 0.328 e. The molecule has 1 unspecified atom stereocenters. The molecule has 2 heterocycles. The van der Waals surface area contributed by atoms with Crippen molar-refractivity contribution in [2.45, 2.75) is 57.5 Å². The number of thiazole rings is 1. The number of nitrogens with zero attached hydrogens (tertiary/aromatic N) is 1. The fourth-order valence-electron chi connectivity index (χ4n) is 3.08. The second-order valence-corrected chi connectivity index (χ2v) is 9.44. The van der Waals surface area contributed by atoms with Crippen molar-refractivity contribution in [3.05, 3.63) is 40.4 Å². The summed E-state index contributed by atoms with van der Waals surface area (Å²) in [6, 6.07) is 9.17. The van der Waals surface area contributed by atoms with Crippen LogP contribution in [0, 0.1) is 6.92 Å². The topological polar surface area (TPSA) is 46.4 Å². The van der Waals surface area contributed by atoms with Crippen LogP contribution in [0.5, 0.6) is 0 Å². The summed E-state index contributed by atoms with van der Waals surface area (Å²) >= 11 is 3.46. The third-order valence-corrected chi connectivity index (χ3v) is 6.86. The monoisotopic (exact) mass is 390 g/mol. The number of aromatic nitrogens is 1. The standard InChI is InChI=1S/C20H27N3OS2/c1-14(2)23-11-10-17-18(13-23)26-20(21-17)22-19(24)5-4-12-25-16-8-6-15(3)7-9-16/h6-9,14H,4-5,10-13H2,1-3H3,(H,21,22,24)/p+1. The van der Waals surface area contributed by atoms with Gasteiger partial charge in [-0.1, -0.05) is 29.0 Å². The van der Waals surface area contributed by atoms with Crippen molar-refractivity contribution in [2.75, 3.05) is 17.6 Å². The average molecular weight is 391 g/mol. The van der Waals surface area contributed by atoms with E-state index >= 15 is 0 Å². The maximum Gasteiger partial charge on any atom is 0.226 e. The van der Waals surface area contributed by atoms with E-state index in [1.807, 2.05) is 0 Å². The Bertz CT molecular complexity index is 740. The first-order valence-corrected chi connectivity index (χ1v) is 11.1. The second-order valence-electron chi connectivity index (χ2n) is 7.19. The minimum Gasteiger partial charge on any atom is -0.328 e. The summed E-state index contributed by atoms with van der Waals surface area (Å²) in [6.45, 7) is 8.79. The molecule has 3 rings (SSSR count). The zero-order valence-corrected chi connectivity index (χ0v) is 17.4. The Morgan fingerprint density at radius 2 is 2.12 bits per heavy atom. The molecule has 1 aliphatic heterocycles. The number of amides is 1. The molecule has 1 aromatic heterocycles. The van der Waals surface area contributed by atoms with E-state index in [1.54, 1.807) is 28.0 Å². The van der Waals surface area contributed by atoms with Gasteiger partial charge in [0.1, 0.15) is 6.54 Å². The molecule has 0 bridgehead atoms. The van der Waals surface area contributed by atoms with Gasteiger partial charge in [0.05, 0.1) is 23.2 Å². The van der Waals surface area contributed by atoms with Crippen molar-refractivity contribution in [1.29, 1.82) is 0 Å². The molecule has 0 saturated heterocycles. The highest BCUT2D eigenvalue weighted by Gasteiger charge is 2.25. The molecule has 6 heteroatoms. The van der Waals surface area contributed by atoms with E-state index in [2.05, 4.69) is 55.3 Å². The number of aryl methyl sites for hydroxylation is 1. The number of anilines is 1. The molecule has 2 aromatic rings. The Kier molecular flexibility index (Phi) is 6.73. The van der Waals surface area contributed by atoms with Gasteiger partial charge in [0.25, 0.3) is 0 Å². The highest BCUT2D eigenvalue weighted by atomic mass is 32.2. The van der Waals surface area contributed by atoms with E-state index in [0.717, 1.165) is 36.8 Å². The zero-order valence-electron chi connectivity index (χ0n) is 15.8. The normalized spacial score (nSPS) is 16.5. The quantitative estimate of drug-likeness (QED) is 0.563. The Balaban J connectivity index is 1.42. The first-order chi connectivity index (χ1) is 12.5. The molecule has 1 aromatic carbocycles. The molecule has 0 spiro atoms. The zero-order chi connectivity index (χ0) is 18.5. The average Bonchev–Trinajstić information content (AvgIpc) is 3.01. The van der Waals surface area contributed by atoms with E-state index < -0.39 is 0 Å². The number of carbonyl (C=O) groups excluding carboxylic acids is 1. The summed E-state index contributed by atoms with van der Waals surface area (Å²) in [5, 5.41) is 3.77. The first kappa shape index (κ1) is 19.4. The van der Waals surface area contributed by atoms with Crippen LogP contribution in [0.1, 0.15) is 42.8 Å². The number of carbonyl (C=O) groups is 1. The summed E-state index contributed by atoms with van der Waals surface area (Å²) in [7, 11) is 0. The molecule has 4 nitrogen and oxygen atoms in total. The minimum absolute atomic E-state index is 0.0775. The van der Waals surface area contributed by atoms with Crippen molar-refractivity contribution in [3.8, 4) is 0 Å². The van der Waals surface area contributed by atoms with Gasteiger partial charge >= 0.3 is 0 Å². The second kappa shape index (κ2) is 9.02. The summed E-state index contributed by atoms with van der Waals surface area (Å²) < 4.78 is 0. The van der Waals surface area contributed by atoms with Gasteiger partial charge in [-0.05, 0) is 45.1 Å². The maximum absolute atomic E-state index is 12.2. The Morgan fingerprint density at radius 3 is 2.85 bits per heavy atom. The van der Waals surface area contributed by atoms with Gasteiger partial charge in [0.15, 0.2) is 5.13 Å². The molecule has 1 aliphatic rings. The SMILES string of the molecule is Cc1ccc(SCCCC(=O)Nc2nc3c(s2)C[NH+](C(C)C)CC3)cc1. The molecule has 0 fully saturated rings. The van der Waals surface area contributed by atoms with E-state index in [4.69, 9.17) is 0 Å². The van der Waals surface area contributed by atoms with Crippen molar-refractivity contribution < 1.29 is 9.69 Å². The van der Waals surface area contributed by atoms with Crippen molar-refractivity contribution in [1.82, 2.24) is 4.98 Å². The van der Waals surface area contributed by atoms with E-state index in [0.29, 0.717) is 12.5 Å². The van der Waals surface area contributed by atoms with Crippen molar-refractivity contribution >= 4 is 34.1 Å². The molecule has 0 aliphatic carbocycles. The van der Waals surface area contributed by atoms with Crippen molar-refractivity contribution in [2.24, 2.45) is 0 Å². The van der Waals surface area contributed by atoms with Gasteiger partial charge in [-0.2, -0.15) is 0 Å². The van der Waals surface area contributed by atoms with Gasteiger partial charge in [-0.25, -0.2) is 4.98 Å². The smallest absolute Gasteiger partial charge is 0.226 e. The van der Waals surface area contributed by atoms with Gasteiger partial charge < -0.3 is 10.2 Å². The third-order valence-electron chi connectivity index (χ3n) is 4.75. The van der Waals surface area contributed by atoms with Gasteiger partial charge in [-0.3, -0.25) is 4.79 Å². The van der Waals surface area contributed by atoms with Gasteiger partial charge in [-0.15, -0.1) is 11.8 Å². The number of quaternary nitrogens is 1. The van der Waals surface area contributed by atoms with Crippen LogP contribution >= 0.6 is 23.1 Å². The van der Waals surface area contributed by atoms with Crippen LogP contribution < -0.4 is 10.2 Å². The van der Waals surface area contributed by atoms with Crippen LogP contribution in [-0.2, 0) is 17.8 Å². The molecule has 140 valence electrons. The molecule has 1 amide bonds. The van der Waals surface area contributed by atoms with Gasteiger partial charge in [0.2, 0.25) is 5.91 Å². The van der Waals surface area contributed by atoms with E-state index in [1.165, 1.54) is 21.0 Å². The lowest BCUT2D eigenvalue weighted by Crippen LogP contribution is -3.14. The predicted octanol–water partition coefficient (Wildman–Crippen LogP) is 3.31. The lowest BCUT2D eigenvalue weighted by atomic mass is 10.1. The van der Waals surface area contributed by atoms with Crippen LogP contribution in [0.4, 0.5) is 5.13 Å². The highest BCUT2D eigenvalue weighted by molar-refractivity contribution is 7.99. The fourth-order valence-corrected chi connectivity index (χ4v) is 5.01. The van der Waals surface area contributed by atoms with E-state index in [-0.39, 0.29) is 5.91 Å². The number of benzene rings is 1.